The van der Waals surface area contributed by atoms with E-state index in [-0.39, 0.29) is 11.9 Å². The van der Waals surface area contributed by atoms with Crippen molar-refractivity contribution in [1.82, 2.24) is 5.32 Å². The van der Waals surface area contributed by atoms with Gasteiger partial charge in [-0.3, -0.25) is 0 Å². The molecule has 1 aromatic carbocycles. The maximum Gasteiger partial charge on any atom is 0.143 e. The minimum absolute atomic E-state index is 0.0831. The number of benzene rings is 1. The zero-order valence-electron chi connectivity index (χ0n) is 10.7. The molecular formula is C14H19Br2NO2. The number of aromatic hydroxyl groups is 1. The molecule has 3 nitrogen and oxygen atoms in total. The number of aliphatic hydroxyl groups is 1. The van der Waals surface area contributed by atoms with E-state index >= 15 is 0 Å². The fourth-order valence-electron chi connectivity index (χ4n) is 2.49. The summed E-state index contributed by atoms with van der Waals surface area (Å²) in [5, 5.41) is 22.6. The second kappa shape index (κ2) is 7.07. The molecule has 1 fully saturated rings. The molecule has 0 spiro atoms. The van der Waals surface area contributed by atoms with Gasteiger partial charge in [0.2, 0.25) is 0 Å². The normalized spacial score (nSPS) is 23.5. The fraction of sp³-hybridized carbons (Fsp3) is 0.571. The highest BCUT2D eigenvalue weighted by Gasteiger charge is 2.18. The summed E-state index contributed by atoms with van der Waals surface area (Å²) in [6.07, 6.45) is 4.00. The van der Waals surface area contributed by atoms with Gasteiger partial charge in [-0.25, -0.2) is 0 Å². The Kier molecular flexibility index (Phi) is 5.69. The highest BCUT2D eigenvalue weighted by molar-refractivity contribution is 9.11. The summed E-state index contributed by atoms with van der Waals surface area (Å²) in [5.41, 5.74) is 1.13. The first-order chi connectivity index (χ1) is 9.06. The Morgan fingerprint density at radius 1 is 1.11 bits per heavy atom. The van der Waals surface area contributed by atoms with Crippen LogP contribution < -0.4 is 5.32 Å². The van der Waals surface area contributed by atoms with Crippen LogP contribution >= 0.6 is 31.9 Å². The van der Waals surface area contributed by atoms with Crippen LogP contribution in [0.3, 0.4) is 0 Å². The van der Waals surface area contributed by atoms with Gasteiger partial charge in [-0.1, -0.05) is 0 Å². The van der Waals surface area contributed by atoms with Gasteiger partial charge in [-0.15, -0.1) is 0 Å². The van der Waals surface area contributed by atoms with Gasteiger partial charge in [0.1, 0.15) is 5.75 Å². The molecule has 0 heterocycles. The predicted molar refractivity (Wildman–Crippen MR) is 83.2 cm³/mol. The molecule has 1 aliphatic carbocycles. The van der Waals surface area contributed by atoms with E-state index in [4.69, 9.17) is 0 Å². The molecule has 3 N–H and O–H groups in total. The van der Waals surface area contributed by atoms with E-state index in [0.717, 1.165) is 44.3 Å². The third-order valence-electron chi connectivity index (χ3n) is 3.66. The lowest BCUT2D eigenvalue weighted by Gasteiger charge is -2.25. The van der Waals surface area contributed by atoms with Gasteiger partial charge in [0.05, 0.1) is 15.0 Å². The van der Waals surface area contributed by atoms with Crippen molar-refractivity contribution in [2.24, 2.45) is 5.92 Å². The van der Waals surface area contributed by atoms with Crippen LogP contribution in [-0.2, 0) is 6.54 Å². The van der Waals surface area contributed by atoms with Crippen molar-refractivity contribution in [2.45, 2.75) is 38.3 Å². The maximum absolute atomic E-state index is 9.65. The van der Waals surface area contributed by atoms with Crippen LogP contribution in [0.25, 0.3) is 0 Å². The van der Waals surface area contributed by atoms with Crippen LogP contribution in [0.2, 0.25) is 0 Å². The van der Waals surface area contributed by atoms with Gasteiger partial charge in [0, 0.05) is 6.54 Å². The highest BCUT2D eigenvalue weighted by atomic mass is 79.9. The Morgan fingerprint density at radius 3 is 2.26 bits per heavy atom. The van der Waals surface area contributed by atoms with Crippen molar-refractivity contribution in [3.8, 4) is 5.75 Å². The number of hydrogen-bond donors (Lipinski definition) is 3. The Morgan fingerprint density at radius 2 is 1.68 bits per heavy atom. The highest BCUT2D eigenvalue weighted by Crippen LogP contribution is 2.33. The van der Waals surface area contributed by atoms with Gasteiger partial charge in [-0.2, -0.15) is 0 Å². The molecule has 0 aromatic heterocycles. The van der Waals surface area contributed by atoms with Crippen molar-refractivity contribution >= 4 is 31.9 Å². The Balaban J connectivity index is 1.79. The summed E-state index contributed by atoms with van der Waals surface area (Å²) >= 11 is 6.67. The summed E-state index contributed by atoms with van der Waals surface area (Å²) in [4.78, 5) is 0. The van der Waals surface area contributed by atoms with Crippen LogP contribution in [0.15, 0.2) is 21.1 Å². The number of hydrogen-bond acceptors (Lipinski definition) is 3. The molecule has 106 valence electrons. The van der Waals surface area contributed by atoms with Crippen molar-refractivity contribution in [1.29, 1.82) is 0 Å². The van der Waals surface area contributed by atoms with Crippen molar-refractivity contribution < 1.29 is 10.2 Å². The zero-order valence-corrected chi connectivity index (χ0v) is 13.9. The van der Waals surface area contributed by atoms with E-state index in [9.17, 15) is 10.2 Å². The molecular weight excluding hydrogens is 374 g/mol. The predicted octanol–water partition coefficient (Wildman–Crippen LogP) is 3.56. The largest absolute Gasteiger partial charge is 0.506 e. The first kappa shape index (κ1) is 15.3. The number of halogens is 2. The van der Waals surface area contributed by atoms with E-state index in [0.29, 0.717) is 14.9 Å². The molecule has 19 heavy (non-hydrogen) atoms. The lowest BCUT2D eigenvalue weighted by molar-refractivity contribution is 0.108. The van der Waals surface area contributed by atoms with E-state index in [1.54, 1.807) is 0 Å². The van der Waals surface area contributed by atoms with Gasteiger partial charge >= 0.3 is 0 Å². The second-order valence-electron chi connectivity index (χ2n) is 5.21. The van der Waals surface area contributed by atoms with Gasteiger partial charge in [0.15, 0.2) is 0 Å². The number of phenols is 1. The molecule has 0 radical (unpaired) electrons. The van der Waals surface area contributed by atoms with Gasteiger partial charge in [0.25, 0.3) is 0 Å². The molecule has 1 aromatic rings. The third kappa shape index (κ3) is 4.45. The second-order valence-corrected chi connectivity index (χ2v) is 6.92. The summed E-state index contributed by atoms with van der Waals surface area (Å²) in [5.74, 6) is 0.914. The average molecular weight is 393 g/mol. The lowest BCUT2D eigenvalue weighted by atomic mass is 9.87. The molecule has 0 atom stereocenters. The van der Waals surface area contributed by atoms with Gasteiger partial charge < -0.3 is 15.5 Å². The molecule has 0 saturated heterocycles. The molecule has 2 rings (SSSR count). The Hall–Kier alpha value is -0.100. The Bertz CT molecular complexity index is 408. The van der Waals surface area contributed by atoms with Crippen molar-refractivity contribution in [2.75, 3.05) is 6.54 Å². The average Bonchev–Trinajstić information content (AvgIpc) is 2.38. The number of rotatable bonds is 4. The summed E-state index contributed by atoms with van der Waals surface area (Å²) in [6.45, 7) is 1.78. The van der Waals surface area contributed by atoms with E-state index in [1.807, 2.05) is 12.1 Å². The van der Waals surface area contributed by atoms with Crippen LogP contribution in [0.1, 0.15) is 31.2 Å². The first-order valence-corrected chi connectivity index (χ1v) is 8.20. The topological polar surface area (TPSA) is 52.5 Å². The van der Waals surface area contributed by atoms with E-state index in [1.165, 1.54) is 0 Å². The summed E-state index contributed by atoms with van der Waals surface area (Å²) < 4.78 is 1.42. The van der Waals surface area contributed by atoms with Crippen LogP contribution in [0.4, 0.5) is 0 Å². The monoisotopic (exact) mass is 391 g/mol. The zero-order chi connectivity index (χ0) is 13.8. The third-order valence-corrected chi connectivity index (χ3v) is 4.86. The van der Waals surface area contributed by atoms with Crippen LogP contribution in [0.5, 0.6) is 5.75 Å². The number of phenolic OH excluding ortho intramolecular Hbond substituents is 1. The van der Waals surface area contributed by atoms with Crippen molar-refractivity contribution in [3.05, 3.63) is 26.6 Å². The minimum atomic E-state index is -0.0831. The summed E-state index contributed by atoms with van der Waals surface area (Å²) in [6, 6.07) is 3.86. The molecule has 1 aliphatic rings. The van der Waals surface area contributed by atoms with Crippen LogP contribution in [-0.4, -0.2) is 22.9 Å². The smallest absolute Gasteiger partial charge is 0.143 e. The molecule has 0 bridgehead atoms. The lowest BCUT2D eigenvalue weighted by Crippen LogP contribution is -2.27. The molecule has 0 aliphatic heterocycles. The standard InChI is InChI=1S/C14H19Br2NO2/c15-12-5-10(6-13(16)14(12)19)8-17-7-9-1-3-11(18)4-2-9/h5-6,9,11,17-19H,1-4,7-8H2. The fourth-order valence-corrected chi connectivity index (χ4v) is 3.77. The molecule has 0 amide bonds. The number of aliphatic hydroxyl groups excluding tert-OH is 1. The van der Waals surface area contributed by atoms with E-state index < -0.39 is 0 Å². The van der Waals surface area contributed by atoms with Gasteiger partial charge in [-0.05, 0) is 87.7 Å². The molecule has 0 unspecified atom stereocenters. The Labute approximate surface area is 130 Å². The maximum atomic E-state index is 9.65. The van der Waals surface area contributed by atoms with E-state index in [2.05, 4.69) is 37.2 Å². The molecule has 5 heteroatoms. The van der Waals surface area contributed by atoms with Crippen molar-refractivity contribution in [3.63, 3.8) is 0 Å². The molecule has 1 saturated carbocycles. The quantitative estimate of drug-likeness (QED) is 0.734. The number of nitrogens with one attached hydrogen (secondary N) is 1. The first-order valence-electron chi connectivity index (χ1n) is 6.62. The SMILES string of the molecule is Oc1c(Br)cc(CNCC2CCC(O)CC2)cc1Br. The minimum Gasteiger partial charge on any atom is -0.506 e. The van der Waals surface area contributed by atoms with Crippen LogP contribution in [0, 0.1) is 5.92 Å². The summed E-state index contributed by atoms with van der Waals surface area (Å²) in [7, 11) is 0.